The van der Waals surface area contributed by atoms with E-state index in [2.05, 4.69) is 45.0 Å². The zero-order chi connectivity index (χ0) is 15.2. The van der Waals surface area contributed by atoms with Crippen molar-refractivity contribution < 1.29 is 0 Å². The molecule has 2 aliphatic rings. The van der Waals surface area contributed by atoms with E-state index in [1.165, 1.54) is 41.5 Å². The van der Waals surface area contributed by atoms with Crippen molar-refractivity contribution in [2.45, 2.75) is 65.5 Å². The molecular weight excluding hydrogens is 278 g/mol. The van der Waals surface area contributed by atoms with Gasteiger partial charge in [0.25, 0.3) is 0 Å². The van der Waals surface area contributed by atoms with Crippen LogP contribution >= 0.6 is 11.3 Å². The fraction of sp³-hybridized carbons (Fsp3) is 0.824. The first-order chi connectivity index (χ1) is 9.89. The van der Waals surface area contributed by atoms with Gasteiger partial charge < -0.3 is 10.2 Å². The Bertz CT molecular complexity index is 502. The SMILES string of the molecule is CNC1CC(C)(C)Cc2nc(N(CC3CC3)C(C)C)sc21. The summed E-state index contributed by atoms with van der Waals surface area (Å²) in [6.07, 6.45) is 5.13. The number of aromatic nitrogens is 1. The predicted octanol–water partition coefficient (Wildman–Crippen LogP) is 4.00. The minimum atomic E-state index is 0.352. The van der Waals surface area contributed by atoms with Gasteiger partial charge in [-0.15, -0.1) is 0 Å². The molecule has 3 nitrogen and oxygen atoms in total. The lowest BCUT2D eigenvalue weighted by Gasteiger charge is -2.34. The zero-order valence-electron chi connectivity index (χ0n) is 14.1. The molecule has 3 rings (SSSR count). The van der Waals surface area contributed by atoms with Crippen LogP contribution in [0.2, 0.25) is 0 Å². The molecule has 118 valence electrons. The van der Waals surface area contributed by atoms with E-state index in [4.69, 9.17) is 4.98 Å². The van der Waals surface area contributed by atoms with Crippen molar-refractivity contribution in [3.63, 3.8) is 0 Å². The number of fused-ring (bicyclic) bond motifs is 1. The fourth-order valence-electron chi connectivity index (χ4n) is 3.36. The number of anilines is 1. The van der Waals surface area contributed by atoms with Gasteiger partial charge in [0, 0.05) is 23.5 Å². The van der Waals surface area contributed by atoms with Crippen molar-refractivity contribution in [2.75, 3.05) is 18.5 Å². The minimum Gasteiger partial charge on any atom is -0.345 e. The lowest BCUT2D eigenvalue weighted by Crippen LogP contribution is -2.32. The number of thiazole rings is 1. The molecular formula is C17H29N3S. The highest BCUT2D eigenvalue weighted by Crippen LogP contribution is 2.45. The van der Waals surface area contributed by atoms with Crippen LogP contribution in [0.5, 0.6) is 0 Å². The first kappa shape index (κ1) is 15.3. The molecule has 0 spiro atoms. The summed E-state index contributed by atoms with van der Waals surface area (Å²) in [6, 6.07) is 1.02. The Morgan fingerprint density at radius 1 is 1.38 bits per heavy atom. The summed E-state index contributed by atoms with van der Waals surface area (Å²) in [4.78, 5) is 9.06. The second-order valence-corrected chi connectivity index (χ2v) is 8.89. The summed E-state index contributed by atoms with van der Waals surface area (Å²) in [5.41, 5.74) is 1.69. The van der Waals surface area contributed by atoms with Gasteiger partial charge in [-0.1, -0.05) is 25.2 Å². The minimum absolute atomic E-state index is 0.352. The van der Waals surface area contributed by atoms with Crippen LogP contribution in [-0.4, -0.2) is 24.6 Å². The van der Waals surface area contributed by atoms with E-state index in [9.17, 15) is 0 Å². The summed E-state index contributed by atoms with van der Waals surface area (Å²) in [5.74, 6) is 0.907. The fourth-order valence-corrected chi connectivity index (χ4v) is 4.70. The van der Waals surface area contributed by atoms with Gasteiger partial charge in [0.05, 0.1) is 5.69 Å². The van der Waals surface area contributed by atoms with Crippen molar-refractivity contribution in [2.24, 2.45) is 11.3 Å². The Hall–Kier alpha value is -0.610. The molecule has 1 heterocycles. The molecule has 1 atom stereocenters. The lowest BCUT2D eigenvalue weighted by molar-refractivity contribution is 0.265. The smallest absolute Gasteiger partial charge is 0.186 e. The lowest BCUT2D eigenvalue weighted by atomic mass is 9.76. The molecule has 1 saturated carbocycles. The Morgan fingerprint density at radius 3 is 2.67 bits per heavy atom. The molecule has 1 fully saturated rings. The third-order valence-corrected chi connectivity index (χ3v) is 6.05. The van der Waals surface area contributed by atoms with Gasteiger partial charge in [0.1, 0.15) is 0 Å². The molecule has 1 aromatic heterocycles. The Morgan fingerprint density at radius 2 is 2.10 bits per heavy atom. The van der Waals surface area contributed by atoms with Crippen LogP contribution in [0.25, 0.3) is 0 Å². The number of nitrogens with one attached hydrogen (secondary N) is 1. The van der Waals surface area contributed by atoms with Gasteiger partial charge >= 0.3 is 0 Å². The van der Waals surface area contributed by atoms with E-state index in [1.807, 2.05) is 11.3 Å². The molecule has 21 heavy (non-hydrogen) atoms. The molecule has 0 aromatic carbocycles. The van der Waals surface area contributed by atoms with Crippen LogP contribution < -0.4 is 10.2 Å². The standard InChI is InChI=1S/C17H29N3S/c1-11(2)20(10-12-6-7-12)16-19-14-9-17(3,4)8-13(18-5)15(14)21-16/h11-13,18H,6-10H2,1-5H3. The highest BCUT2D eigenvalue weighted by Gasteiger charge is 2.36. The average Bonchev–Trinajstić information content (AvgIpc) is 3.12. The van der Waals surface area contributed by atoms with Gasteiger partial charge in [0.2, 0.25) is 0 Å². The van der Waals surface area contributed by atoms with Crippen LogP contribution in [0.15, 0.2) is 0 Å². The number of hydrogen-bond acceptors (Lipinski definition) is 4. The van der Waals surface area contributed by atoms with Gasteiger partial charge in [-0.25, -0.2) is 4.98 Å². The van der Waals surface area contributed by atoms with E-state index in [-0.39, 0.29) is 0 Å². The maximum absolute atomic E-state index is 5.05. The van der Waals surface area contributed by atoms with E-state index in [0.717, 1.165) is 12.3 Å². The number of hydrogen-bond donors (Lipinski definition) is 1. The maximum atomic E-state index is 5.05. The van der Waals surface area contributed by atoms with Crippen LogP contribution in [0.4, 0.5) is 5.13 Å². The monoisotopic (exact) mass is 307 g/mol. The molecule has 0 saturated heterocycles. The second kappa shape index (κ2) is 5.54. The van der Waals surface area contributed by atoms with Crippen LogP contribution in [0.1, 0.15) is 63.6 Å². The molecule has 0 bridgehead atoms. The highest BCUT2D eigenvalue weighted by atomic mass is 32.1. The van der Waals surface area contributed by atoms with Crippen molar-refractivity contribution in [3.8, 4) is 0 Å². The third kappa shape index (κ3) is 3.26. The normalized spacial score (nSPS) is 24.2. The first-order valence-electron chi connectivity index (χ1n) is 8.33. The van der Waals surface area contributed by atoms with Crippen molar-refractivity contribution >= 4 is 16.5 Å². The number of rotatable bonds is 5. The molecule has 1 N–H and O–H groups in total. The molecule has 4 heteroatoms. The average molecular weight is 308 g/mol. The Balaban J connectivity index is 1.89. The summed E-state index contributed by atoms with van der Waals surface area (Å²) >= 11 is 1.93. The Labute approximate surface area is 133 Å². The van der Waals surface area contributed by atoms with E-state index >= 15 is 0 Å². The summed E-state index contributed by atoms with van der Waals surface area (Å²) in [5, 5.41) is 4.75. The Kier molecular flexibility index (Phi) is 4.04. The van der Waals surface area contributed by atoms with Crippen LogP contribution in [0.3, 0.4) is 0 Å². The third-order valence-electron chi connectivity index (χ3n) is 4.80. The number of nitrogens with zero attached hydrogens (tertiary/aromatic N) is 2. The van der Waals surface area contributed by atoms with E-state index in [1.54, 1.807) is 0 Å². The van der Waals surface area contributed by atoms with Gasteiger partial charge in [-0.05, 0) is 57.9 Å². The quantitative estimate of drug-likeness (QED) is 0.891. The second-order valence-electron chi connectivity index (χ2n) is 7.88. The molecule has 2 aliphatic carbocycles. The molecule has 0 radical (unpaired) electrons. The van der Waals surface area contributed by atoms with Crippen molar-refractivity contribution in [1.29, 1.82) is 0 Å². The molecule has 0 amide bonds. The van der Waals surface area contributed by atoms with Crippen molar-refractivity contribution in [3.05, 3.63) is 10.6 Å². The van der Waals surface area contributed by atoms with Crippen LogP contribution in [-0.2, 0) is 6.42 Å². The largest absolute Gasteiger partial charge is 0.345 e. The highest BCUT2D eigenvalue weighted by molar-refractivity contribution is 7.15. The van der Waals surface area contributed by atoms with Gasteiger partial charge in [-0.2, -0.15) is 0 Å². The molecule has 1 aromatic rings. The van der Waals surface area contributed by atoms with E-state index in [0.29, 0.717) is 17.5 Å². The predicted molar refractivity (Wildman–Crippen MR) is 91.2 cm³/mol. The molecule has 1 unspecified atom stereocenters. The van der Waals surface area contributed by atoms with Gasteiger partial charge in [-0.3, -0.25) is 0 Å². The summed E-state index contributed by atoms with van der Waals surface area (Å²) in [6.45, 7) is 10.5. The van der Waals surface area contributed by atoms with Gasteiger partial charge in [0.15, 0.2) is 5.13 Å². The van der Waals surface area contributed by atoms with Crippen molar-refractivity contribution in [1.82, 2.24) is 10.3 Å². The summed E-state index contributed by atoms with van der Waals surface area (Å²) < 4.78 is 0. The van der Waals surface area contributed by atoms with E-state index < -0.39 is 0 Å². The first-order valence-corrected chi connectivity index (χ1v) is 9.15. The zero-order valence-corrected chi connectivity index (χ0v) is 14.9. The molecule has 0 aliphatic heterocycles. The van der Waals surface area contributed by atoms with Crippen LogP contribution in [0, 0.1) is 11.3 Å². The summed E-state index contributed by atoms with van der Waals surface area (Å²) in [7, 11) is 2.08. The maximum Gasteiger partial charge on any atom is 0.186 e. The topological polar surface area (TPSA) is 28.2 Å².